The van der Waals surface area contributed by atoms with Crippen LogP contribution in [-0.2, 0) is 4.74 Å². The Morgan fingerprint density at radius 3 is 2.45 bits per heavy atom. The van der Waals surface area contributed by atoms with Gasteiger partial charge in [-0.05, 0) is 64.0 Å². The van der Waals surface area contributed by atoms with Crippen LogP contribution in [-0.4, -0.2) is 38.7 Å². The molecule has 0 saturated heterocycles. The summed E-state index contributed by atoms with van der Waals surface area (Å²) in [5, 5.41) is 6.87. The van der Waals surface area contributed by atoms with Crippen LogP contribution >= 0.6 is 11.6 Å². The zero-order chi connectivity index (χ0) is 21.2. The van der Waals surface area contributed by atoms with Gasteiger partial charge in [-0.15, -0.1) is 0 Å². The molecule has 1 aliphatic carbocycles. The largest absolute Gasteiger partial charge is 0.444 e. The number of aromatic nitrogens is 3. The Bertz CT molecular complexity index is 873. The Balaban J connectivity index is 1.60. The summed E-state index contributed by atoms with van der Waals surface area (Å²) in [6, 6.07) is 2.28. The van der Waals surface area contributed by atoms with Crippen molar-refractivity contribution in [2.45, 2.75) is 83.9 Å². The van der Waals surface area contributed by atoms with E-state index >= 15 is 0 Å². The monoisotopic (exact) mass is 419 g/mol. The van der Waals surface area contributed by atoms with E-state index in [1.807, 2.05) is 26.8 Å². The Morgan fingerprint density at radius 1 is 1.17 bits per heavy atom. The topological polar surface area (TPSA) is 89.0 Å². The Labute approximate surface area is 177 Å². The van der Waals surface area contributed by atoms with Crippen molar-refractivity contribution >= 4 is 34.7 Å². The minimum atomic E-state index is -0.482. The van der Waals surface area contributed by atoms with Crippen LogP contribution in [0.3, 0.4) is 0 Å². The summed E-state index contributed by atoms with van der Waals surface area (Å²) in [5.74, 6) is 0.891. The van der Waals surface area contributed by atoms with Crippen molar-refractivity contribution in [2.24, 2.45) is 0 Å². The lowest BCUT2D eigenvalue weighted by Gasteiger charge is -2.30. The standard InChI is InChI=1S/C21H30ClN5O2/c1-12(2)15-10-17(22)26-16-11-23-19(27-18(15)16)24-13-6-8-14(9-7-13)25-20(28)29-21(3,4)5/h10-14H,6-9H2,1-5H3,(H,25,28)(H,23,24,27). The van der Waals surface area contributed by atoms with Gasteiger partial charge in [0, 0.05) is 12.1 Å². The second-order valence-electron chi connectivity index (χ2n) is 8.96. The van der Waals surface area contributed by atoms with Crippen molar-refractivity contribution in [3.8, 4) is 0 Å². The minimum absolute atomic E-state index is 0.138. The SMILES string of the molecule is CC(C)c1cc(Cl)nc2cnc(NC3CCC(NC(=O)OC(C)(C)C)CC3)nc12. The summed E-state index contributed by atoms with van der Waals surface area (Å²) in [4.78, 5) is 25.4. The van der Waals surface area contributed by atoms with Gasteiger partial charge in [0.15, 0.2) is 0 Å². The number of hydrogen-bond donors (Lipinski definition) is 2. The molecule has 158 valence electrons. The van der Waals surface area contributed by atoms with Crippen molar-refractivity contribution in [3.05, 3.63) is 23.0 Å². The van der Waals surface area contributed by atoms with Crippen LogP contribution in [0, 0.1) is 0 Å². The molecule has 1 aliphatic rings. The minimum Gasteiger partial charge on any atom is -0.444 e. The molecule has 7 nitrogen and oxygen atoms in total. The third kappa shape index (κ3) is 5.92. The third-order valence-electron chi connectivity index (χ3n) is 4.95. The first-order valence-corrected chi connectivity index (χ1v) is 10.6. The molecule has 0 aromatic carbocycles. The number of halogens is 1. The molecule has 2 N–H and O–H groups in total. The average Bonchev–Trinajstić information content (AvgIpc) is 2.61. The van der Waals surface area contributed by atoms with Gasteiger partial charge in [0.05, 0.1) is 11.7 Å². The lowest BCUT2D eigenvalue weighted by atomic mass is 9.91. The van der Waals surface area contributed by atoms with Crippen molar-refractivity contribution < 1.29 is 9.53 Å². The molecule has 0 aliphatic heterocycles. The van der Waals surface area contributed by atoms with Gasteiger partial charge < -0.3 is 15.4 Å². The molecule has 1 saturated carbocycles. The summed E-state index contributed by atoms with van der Waals surface area (Å²) in [7, 11) is 0. The van der Waals surface area contributed by atoms with Crippen molar-refractivity contribution in [1.82, 2.24) is 20.3 Å². The van der Waals surface area contributed by atoms with E-state index in [9.17, 15) is 4.79 Å². The Hall–Kier alpha value is -2.15. The zero-order valence-electron chi connectivity index (χ0n) is 17.8. The highest BCUT2D eigenvalue weighted by atomic mass is 35.5. The molecule has 0 bridgehead atoms. The molecule has 1 amide bonds. The van der Waals surface area contributed by atoms with Crippen LogP contribution in [0.5, 0.6) is 0 Å². The van der Waals surface area contributed by atoms with Gasteiger partial charge in [-0.1, -0.05) is 25.4 Å². The Kier molecular flexibility index (Phi) is 6.46. The number of carbonyl (C=O) groups is 1. The van der Waals surface area contributed by atoms with E-state index < -0.39 is 5.60 Å². The molecule has 29 heavy (non-hydrogen) atoms. The van der Waals surface area contributed by atoms with Crippen molar-refractivity contribution in [2.75, 3.05) is 5.32 Å². The maximum absolute atomic E-state index is 12.0. The van der Waals surface area contributed by atoms with Gasteiger partial charge >= 0.3 is 6.09 Å². The molecule has 2 aromatic rings. The molecule has 0 radical (unpaired) electrons. The van der Waals surface area contributed by atoms with Gasteiger partial charge in [-0.25, -0.2) is 19.7 Å². The summed E-state index contributed by atoms with van der Waals surface area (Å²) >= 11 is 6.13. The summed E-state index contributed by atoms with van der Waals surface area (Å²) < 4.78 is 5.34. The van der Waals surface area contributed by atoms with E-state index in [1.54, 1.807) is 6.20 Å². The maximum Gasteiger partial charge on any atom is 0.407 e. The number of fused-ring (bicyclic) bond motifs is 1. The highest BCUT2D eigenvalue weighted by Gasteiger charge is 2.25. The number of alkyl carbamates (subject to hydrolysis) is 1. The van der Waals surface area contributed by atoms with E-state index in [0.717, 1.165) is 36.8 Å². The molecule has 3 rings (SSSR count). The molecule has 1 fully saturated rings. The fraction of sp³-hybridized carbons (Fsp3) is 0.619. The fourth-order valence-electron chi connectivity index (χ4n) is 3.56. The smallest absolute Gasteiger partial charge is 0.407 e. The first kappa shape index (κ1) is 21.6. The highest BCUT2D eigenvalue weighted by Crippen LogP contribution is 2.27. The first-order valence-electron chi connectivity index (χ1n) is 10.2. The van der Waals surface area contributed by atoms with Crippen LogP contribution < -0.4 is 10.6 Å². The number of anilines is 1. The second kappa shape index (κ2) is 8.69. The van der Waals surface area contributed by atoms with Crippen LogP contribution in [0.25, 0.3) is 11.0 Å². The number of ether oxygens (including phenoxy) is 1. The molecule has 0 spiro atoms. The molecule has 2 heterocycles. The van der Waals surface area contributed by atoms with Gasteiger partial charge in [0.1, 0.15) is 16.3 Å². The molecular formula is C21H30ClN5O2. The summed E-state index contributed by atoms with van der Waals surface area (Å²) in [5.41, 5.74) is 2.12. The van der Waals surface area contributed by atoms with Gasteiger partial charge in [-0.2, -0.15) is 0 Å². The van der Waals surface area contributed by atoms with E-state index in [2.05, 4.69) is 34.4 Å². The first-order chi connectivity index (χ1) is 13.6. The van der Waals surface area contributed by atoms with Gasteiger partial charge in [0.2, 0.25) is 5.95 Å². The summed E-state index contributed by atoms with van der Waals surface area (Å²) in [6.07, 6.45) is 5.00. The lowest BCUT2D eigenvalue weighted by molar-refractivity contribution is 0.0492. The third-order valence-corrected chi connectivity index (χ3v) is 5.14. The van der Waals surface area contributed by atoms with E-state index in [-0.39, 0.29) is 24.1 Å². The summed E-state index contributed by atoms with van der Waals surface area (Å²) in [6.45, 7) is 9.82. The van der Waals surface area contributed by atoms with Crippen molar-refractivity contribution in [1.29, 1.82) is 0 Å². The molecule has 8 heteroatoms. The number of nitrogens with zero attached hydrogens (tertiary/aromatic N) is 3. The fourth-order valence-corrected chi connectivity index (χ4v) is 3.77. The molecule has 0 atom stereocenters. The number of carbonyl (C=O) groups excluding carboxylic acids is 1. The van der Waals surface area contributed by atoms with Crippen LogP contribution in [0.4, 0.5) is 10.7 Å². The predicted molar refractivity (Wildman–Crippen MR) is 115 cm³/mol. The highest BCUT2D eigenvalue weighted by molar-refractivity contribution is 6.29. The van der Waals surface area contributed by atoms with E-state index in [1.165, 1.54) is 0 Å². The number of rotatable bonds is 4. The number of nitrogens with one attached hydrogen (secondary N) is 2. The predicted octanol–water partition coefficient (Wildman–Crippen LogP) is 5.05. The normalized spacial score (nSPS) is 20.0. The van der Waals surface area contributed by atoms with Crippen LogP contribution in [0.1, 0.15) is 71.8 Å². The number of hydrogen-bond acceptors (Lipinski definition) is 6. The average molecular weight is 420 g/mol. The van der Waals surface area contributed by atoms with E-state index in [0.29, 0.717) is 16.6 Å². The number of pyridine rings is 1. The second-order valence-corrected chi connectivity index (χ2v) is 9.34. The lowest BCUT2D eigenvalue weighted by Crippen LogP contribution is -2.42. The van der Waals surface area contributed by atoms with Crippen LogP contribution in [0.15, 0.2) is 12.3 Å². The molecular weight excluding hydrogens is 390 g/mol. The Morgan fingerprint density at radius 2 is 1.83 bits per heavy atom. The van der Waals surface area contributed by atoms with Crippen LogP contribution in [0.2, 0.25) is 5.15 Å². The maximum atomic E-state index is 12.0. The quantitative estimate of drug-likeness (QED) is 0.674. The van der Waals surface area contributed by atoms with Crippen molar-refractivity contribution in [3.63, 3.8) is 0 Å². The zero-order valence-corrected chi connectivity index (χ0v) is 18.5. The molecule has 2 aromatic heterocycles. The number of amides is 1. The van der Waals surface area contributed by atoms with E-state index in [4.69, 9.17) is 21.3 Å². The molecule has 0 unspecified atom stereocenters. The van der Waals surface area contributed by atoms with Gasteiger partial charge in [-0.3, -0.25) is 0 Å². The van der Waals surface area contributed by atoms with Gasteiger partial charge in [0.25, 0.3) is 0 Å².